The average molecular weight is 264 g/mol. The summed E-state index contributed by atoms with van der Waals surface area (Å²) in [6.45, 7) is 2.14. The molecule has 0 bridgehead atoms. The fourth-order valence-corrected chi connectivity index (χ4v) is 1.57. The summed E-state index contributed by atoms with van der Waals surface area (Å²) < 4.78 is 9.95. The molecule has 19 heavy (non-hydrogen) atoms. The first-order valence-corrected chi connectivity index (χ1v) is 6.51. The molecule has 0 aliphatic carbocycles. The van der Waals surface area contributed by atoms with Crippen molar-refractivity contribution < 1.29 is 19.1 Å². The van der Waals surface area contributed by atoms with Gasteiger partial charge in [-0.2, -0.15) is 0 Å². The summed E-state index contributed by atoms with van der Waals surface area (Å²) >= 11 is 0. The topological polar surface area (TPSA) is 52.6 Å². The maximum absolute atomic E-state index is 11.4. The van der Waals surface area contributed by atoms with Crippen LogP contribution in [0, 0.1) is 0 Å². The number of esters is 2. The number of unbranched alkanes of at least 4 members (excludes halogenated alkanes) is 2. The highest BCUT2D eigenvalue weighted by molar-refractivity contribution is 5.69. The molecule has 0 saturated heterocycles. The molecule has 0 heterocycles. The molecular formula is C15H20O4. The lowest BCUT2D eigenvalue weighted by atomic mass is 10.2. The number of hydrogen-bond donors (Lipinski definition) is 0. The van der Waals surface area contributed by atoms with E-state index in [2.05, 4.69) is 0 Å². The molecule has 1 rings (SSSR count). The normalized spacial score (nSPS) is 9.95. The van der Waals surface area contributed by atoms with Gasteiger partial charge in [0.15, 0.2) is 0 Å². The molecule has 0 unspecified atom stereocenters. The number of carbonyl (C=O) groups is 2. The molecule has 1 aromatic rings. The van der Waals surface area contributed by atoms with Gasteiger partial charge in [0, 0.05) is 13.3 Å². The van der Waals surface area contributed by atoms with E-state index in [0.717, 1.165) is 24.8 Å². The van der Waals surface area contributed by atoms with Crippen molar-refractivity contribution in [3.8, 4) is 0 Å². The fraction of sp³-hybridized carbons (Fsp3) is 0.467. The van der Waals surface area contributed by atoms with E-state index in [4.69, 9.17) is 9.47 Å². The molecule has 4 heteroatoms. The van der Waals surface area contributed by atoms with Gasteiger partial charge in [-0.15, -0.1) is 0 Å². The summed E-state index contributed by atoms with van der Waals surface area (Å²) in [5.41, 5.74) is 0.991. The van der Waals surface area contributed by atoms with Crippen molar-refractivity contribution in [3.63, 3.8) is 0 Å². The minimum Gasteiger partial charge on any atom is -0.466 e. The number of benzene rings is 1. The second kappa shape index (κ2) is 9.14. The highest BCUT2D eigenvalue weighted by Gasteiger charge is 2.03. The maximum atomic E-state index is 11.4. The zero-order valence-corrected chi connectivity index (χ0v) is 11.3. The molecule has 0 aliphatic rings. The van der Waals surface area contributed by atoms with Crippen LogP contribution in [0.1, 0.15) is 38.2 Å². The van der Waals surface area contributed by atoms with Gasteiger partial charge >= 0.3 is 11.9 Å². The molecule has 0 radical (unpaired) electrons. The third-order valence-corrected chi connectivity index (χ3v) is 2.57. The van der Waals surface area contributed by atoms with Crippen LogP contribution >= 0.6 is 0 Å². The molecule has 0 saturated carbocycles. The summed E-state index contributed by atoms with van der Waals surface area (Å²) in [7, 11) is 0. The van der Waals surface area contributed by atoms with E-state index < -0.39 is 0 Å². The average Bonchev–Trinajstić information content (AvgIpc) is 2.41. The molecule has 0 atom stereocenters. The Balaban J connectivity index is 2.01. The Morgan fingerprint density at radius 3 is 2.42 bits per heavy atom. The number of rotatable bonds is 8. The van der Waals surface area contributed by atoms with Crippen molar-refractivity contribution in [1.82, 2.24) is 0 Å². The summed E-state index contributed by atoms with van der Waals surface area (Å²) in [5, 5.41) is 0. The van der Waals surface area contributed by atoms with Crippen molar-refractivity contribution in [3.05, 3.63) is 35.9 Å². The van der Waals surface area contributed by atoms with Crippen LogP contribution in [0.25, 0.3) is 0 Å². The molecule has 4 nitrogen and oxygen atoms in total. The van der Waals surface area contributed by atoms with Gasteiger partial charge in [0.05, 0.1) is 6.61 Å². The Hall–Kier alpha value is -1.84. The lowest BCUT2D eigenvalue weighted by Gasteiger charge is -2.05. The Morgan fingerprint density at radius 1 is 1.00 bits per heavy atom. The van der Waals surface area contributed by atoms with Gasteiger partial charge in [0.1, 0.15) is 6.61 Å². The largest absolute Gasteiger partial charge is 0.466 e. The third kappa shape index (κ3) is 7.97. The lowest BCUT2D eigenvalue weighted by molar-refractivity contribution is -0.145. The standard InChI is InChI=1S/C15H20O4/c1-13(16)18-11-7-3-6-10-15(17)19-12-14-8-4-2-5-9-14/h2,4-5,8-9H,3,6-7,10-12H2,1H3. The first-order valence-electron chi connectivity index (χ1n) is 6.51. The van der Waals surface area contributed by atoms with Crippen LogP contribution < -0.4 is 0 Å². The van der Waals surface area contributed by atoms with Gasteiger partial charge in [-0.1, -0.05) is 30.3 Å². The van der Waals surface area contributed by atoms with E-state index in [-0.39, 0.29) is 11.9 Å². The highest BCUT2D eigenvalue weighted by Crippen LogP contribution is 2.05. The molecule has 0 amide bonds. The van der Waals surface area contributed by atoms with Crippen LogP contribution in [0.2, 0.25) is 0 Å². The van der Waals surface area contributed by atoms with Gasteiger partial charge in [-0.25, -0.2) is 0 Å². The quantitative estimate of drug-likeness (QED) is 0.535. The monoisotopic (exact) mass is 264 g/mol. The smallest absolute Gasteiger partial charge is 0.306 e. The Kier molecular flexibility index (Phi) is 7.32. The van der Waals surface area contributed by atoms with Crippen molar-refractivity contribution >= 4 is 11.9 Å². The molecule has 0 fully saturated rings. The van der Waals surface area contributed by atoms with Crippen molar-refractivity contribution in [2.24, 2.45) is 0 Å². The van der Waals surface area contributed by atoms with E-state index >= 15 is 0 Å². The van der Waals surface area contributed by atoms with Gasteiger partial charge in [0.2, 0.25) is 0 Å². The van der Waals surface area contributed by atoms with E-state index in [9.17, 15) is 9.59 Å². The fourth-order valence-electron chi connectivity index (χ4n) is 1.57. The third-order valence-electron chi connectivity index (χ3n) is 2.57. The van der Waals surface area contributed by atoms with Crippen LogP contribution in [-0.4, -0.2) is 18.5 Å². The first-order chi connectivity index (χ1) is 9.18. The van der Waals surface area contributed by atoms with Crippen LogP contribution in [0.4, 0.5) is 0 Å². The SMILES string of the molecule is CC(=O)OCCCCCC(=O)OCc1ccccc1. The second-order valence-corrected chi connectivity index (χ2v) is 4.30. The van der Waals surface area contributed by atoms with Crippen LogP contribution in [-0.2, 0) is 25.7 Å². The first kappa shape index (κ1) is 15.2. The Bertz CT molecular complexity index is 386. The molecule has 0 aromatic heterocycles. The maximum Gasteiger partial charge on any atom is 0.306 e. The molecule has 0 aliphatic heterocycles. The minimum absolute atomic E-state index is 0.184. The van der Waals surface area contributed by atoms with Crippen molar-refractivity contribution in [2.75, 3.05) is 6.61 Å². The van der Waals surface area contributed by atoms with Gasteiger partial charge in [-0.3, -0.25) is 9.59 Å². The zero-order chi connectivity index (χ0) is 13.9. The predicted molar refractivity (Wildman–Crippen MR) is 71.3 cm³/mol. The second-order valence-electron chi connectivity index (χ2n) is 4.30. The van der Waals surface area contributed by atoms with Crippen LogP contribution in [0.5, 0.6) is 0 Å². The molecule has 104 valence electrons. The van der Waals surface area contributed by atoms with Crippen LogP contribution in [0.3, 0.4) is 0 Å². The van der Waals surface area contributed by atoms with E-state index in [0.29, 0.717) is 19.6 Å². The zero-order valence-electron chi connectivity index (χ0n) is 11.3. The highest BCUT2D eigenvalue weighted by atomic mass is 16.5. The summed E-state index contributed by atoms with van der Waals surface area (Å²) in [5.74, 6) is -0.446. The lowest BCUT2D eigenvalue weighted by Crippen LogP contribution is -2.05. The van der Waals surface area contributed by atoms with Gasteiger partial charge in [-0.05, 0) is 24.8 Å². The molecule has 0 N–H and O–H groups in total. The minimum atomic E-state index is -0.262. The van der Waals surface area contributed by atoms with Crippen molar-refractivity contribution in [1.29, 1.82) is 0 Å². The van der Waals surface area contributed by atoms with Crippen LogP contribution in [0.15, 0.2) is 30.3 Å². The Morgan fingerprint density at radius 2 is 1.74 bits per heavy atom. The molecule has 0 spiro atoms. The molecule has 1 aromatic carbocycles. The van der Waals surface area contributed by atoms with E-state index in [1.807, 2.05) is 30.3 Å². The van der Waals surface area contributed by atoms with Gasteiger partial charge in [0.25, 0.3) is 0 Å². The summed E-state index contributed by atoms with van der Waals surface area (Å²) in [4.78, 5) is 22.0. The Labute approximate surface area is 113 Å². The summed E-state index contributed by atoms with van der Waals surface area (Å²) in [6, 6.07) is 9.60. The summed E-state index contributed by atoms with van der Waals surface area (Å²) in [6.07, 6.45) is 2.81. The predicted octanol–water partition coefficient (Wildman–Crippen LogP) is 2.85. The number of carbonyl (C=O) groups excluding carboxylic acids is 2. The van der Waals surface area contributed by atoms with E-state index in [1.54, 1.807) is 0 Å². The number of ether oxygens (including phenoxy) is 2. The van der Waals surface area contributed by atoms with E-state index in [1.165, 1.54) is 6.92 Å². The number of hydrogen-bond acceptors (Lipinski definition) is 4. The van der Waals surface area contributed by atoms with Crippen molar-refractivity contribution in [2.45, 2.75) is 39.2 Å². The van der Waals surface area contributed by atoms with Gasteiger partial charge < -0.3 is 9.47 Å². The molecular weight excluding hydrogens is 244 g/mol.